The van der Waals surface area contributed by atoms with Gasteiger partial charge < -0.3 is 0 Å². The van der Waals surface area contributed by atoms with Crippen LogP contribution in [0.4, 0.5) is 0 Å². The number of hydrogen-bond donors (Lipinski definition) is 0. The maximum atomic E-state index is 11.2. The molecule has 0 saturated carbocycles. The average molecular weight is 258 g/mol. The van der Waals surface area contributed by atoms with Crippen molar-refractivity contribution in [2.45, 2.75) is 90.2 Å². The van der Waals surface area contributed by atoms with Crippen LogP contribution in [0.15, 0.2) is 0 Å². The van der Waals surface area contributed by atoms with E-state index in [1.807, 2.05) is 0 Å². The molecule has 0 amide bonds. The third-order valence-corrected chi connectivity index (χ3v) is 4.23. The van der Waals surface area contributed by atoms with E-state index in [4.69, 9.17) is 0 Å². The summed E-state index contributed by atoms with van der Waals surface area (Å²) >= 11 is 1.57. The maximum Gasteiger partial charge on any atom is 0.186 e. The fourth-order valence-corrected chi connectivity index (χ4v) is 3.13. The second kappa shape index (κ2) is 12.5. The van der Waals surface area contributed by atoms with Gasteiger partial charge in [0.2, 0.25) is 0 Å². The molecule has 1 atom stereocenters. The van der Waals surface area contributed by atoms with Crippen LogP contribution in [-0.2, 0) is 4.79 Å². The standard InChI is InChI=1S/C15H30OS/c1-4-6-8-9-11-13-15(17-14(3)16)12-10-7-5-2/h15H,4-13H2,1-3H3. The first-order chi connectivity index (χ1) is 8.20. The summed E-state index contributed by atoms with van der Waals surface area (Å²) in [6.07, 6.45) is 13.0. The SMILES string of the molecule is CCCCCCCC(CCCCC)SC(C)=O. The molecule has 1 unspecified atom stereocenters. The van der Waals surface area contributed by atoms with E-state index in [2.05, 4.69) is 13.8 Å². The summed E-state index contributed by atoms with van der Waals surface area (Å²) in [5.41, 5.74) is 0. The molecule has 102 valence electrons. The molecule has 0 rings (SSSR count). The van der Waals surface area contributed by atoms with E-state index in [1.165, 1.54) is 64.2 Å². The molecule has 0 aliphatic rings. The molecule has 17 heavy (non-hydrogen) atoms. The Bertz CT molecular complexity index is 180. The number of carbonyl (C=O) groups excluding carboxylic acids is 1. The van der Waals surface area contributed by atoms with Crippen LogP contribution in [0.1, 0.15) is 85.0 Å². The molecule has 0 bridgehead atoms. The van der Waals surface area contributed by atoms with Crippen LogP contribution in [0.25, 0.3) is 0 Å². The number of rotatable bonds is 11. The lowest BCUT2D eigenvalue weighted by Crippen LogP contribution is -2.05. The van der Waals surface area contributed by atoms with Crippen molar-refractivity contribution in [3.05, 3.63) is 0 Å². The van der Waals surface area contributed by atoms with Crippen molar-refractivity contribution in [3.63, 3.8) is 0 Å². The van der Waals surface area contributed by atoms with Crippen LogP contribution in [-0.4, -0.2) is 10.4 Å². The number of unbranched alkanes of at least 4 members (excludes halogenated alkanes) is 6. The van der Waals surface area contributed by atoms with Gasteiger partial charge in [-0.1, -0.05) is 77.0 Å². The van der Waals surface area contributed by atoms with Crippen molar-refractivity contribution in [1.29, 1.82) is 0 Å². The lowest BCUT2D eigenvalue weighted by Gasteiger charge is -2.14. The molecule has 0 spiro atoms. The van der Waals surface area contributed by atoms with Gasteiger partial charge in [0.15, 0.2) is 5.12 Å². The monoisotopic (exact) mass is 258 g/mol. The number of thioether (sulfide) groups is 1. The minimum absolute atomic E-state index is 0.292. The van der Waals surface area contributed by atoms with Crippen molar-refractivity contribution in [1.82, 2.24) is 0 Å². The Hall–Kier alpha value is 0.0200. The van der Waals surface area contributed by atoms with Gasteiger partial charge in [0.25, 0.3) is 0 Å². The fraction of sp³-hybridized carbons (Fsp3) is 0.933. The minimum atomic E-state index is 0.292. The van der Waals surface area contributed by atoms with E-state index in [-0.39, 0.29) is 0 Å². The van der Waals surface area contributed by atoms with E-state index in [9.17, 15) is 4.79 Å². The highest BCUT2D eigenvalue weighted by Crippen LogP contribution is 2.24. The summed E-state index contributed by atoms with van der Waals surface area (Å²) in [6, 6.07) is 0. The van der Waals surface area contributed by atoms with Crippen LogP contribution in [0.5, 0.6) is 0 Å². The third kappa shape index (κ3) is 12.3. The van der Waals surface area contributed by atoms with Crippen LogP contribution < -0.4 is 0 Å². The molecule has 2 heteroatoms. The first kappa shape index (κ1) is 17.0. The average Bonchev–Trinajstić information content (AvgIpc) is 2.28. The number of carbonyl (C=O) groups is 1. The zero-order valence-electron chi connectivity index (χ0n) is 12.0. The van der Waals surface area contributed by atoms with Crippen LogP contribution >= 0.6 is 11.8 Å². The first-order valence-electron chi connectivity index (χ1n) is 7.37. The van der Waals surface area contributed by atoms with Gasteiger partial charge >= 0.3 is 0 Å². The fourth-order valence-electron chi connectivity index (χ4n) is 2.09. The highest BCUT2D eigenvalue weighted by atomic mass is 32.2. The molecular weight excluding hydrogens is 228 g/mol. The smallest absolute Gasteiger partial charge is 0.186 e. The molecule has 0 aliphatic carbocycles. The Morgan fingerprint density at radius 2 is 1.35 bits per heavy atom. The predicted molar refractivity (Wildman–Crippen MR) is 79.6 cm³/mol. The highest BCUT2D eigenvalue weighted by Gasteiger charge is 2.11. The van der Waals surface area contributed by atoms with E-state index in [0.29, 0.717) is 10.4 Å². The Labute approximate surface area is 112 Å². The van der Waals surface area contributed by atoms with Gasteiger partial charge in [-0.2, -0.15) is 0 Å². The Kier molecular flexibility index (Phi) is 12.5. The van der Waals surface area contributed by atoms with Crippen molar-refractivity contribution in [2.24, 2.45) is 0 Å². The maximum absolute atomic E-state index is 11.2. The van der Waals surface area contributed by atoms with E-state index >= 15 is 0 Å². The minimum Gasteiger partial charge on any atom is -0.288 e. The van der Waals surface area contributed by atoms with Crippen molar-refractivity contribution in [2.75, 3.05) is 0 Å². The molecule has 0 aromatic rings. The van der Waals surface area contributed by atoms with E-state index in [1.54, 1.807) is 18.7 Å². The van der Waals surface area contributed by atoms with Crippen LogP contribution in [0.2, 0.25) is 0 Å². The van der Waals surface area contributed by atoms with Gasteiger partial charge in [-0.25, -0.2) is 0 Å². The van der Waals surface area contributed by atoms with Crippen LogP contribution in [0.3, 0.4) is 0 Å². The summed E-state index contributed by atoms with van der Waals surface area (Å²) in [4.78, 5) is 11.2. The molecule has 1 nitrogen and oxygen atoms in total. The lowest BCUT2D eigenvalue weighted by atomic mass is 10.1. The van der Waals surface area contributed by atoms with Crippen molar-refractivity contribution in [3.8, 4) is 0 Å². The van der Waals surface area contributed by atoms with Gasteiger partial charge in [0.1, 0.15) is 0 Å². The van der Waals surface area contributed by atoms with Gasteiger partial charge in [-0.05, 0) is 12.8 Å². The zero-order valence-corrected chi connectivity index (χ0v) is 12.8. The Morgan fingerprint density at radius 1 is 0.882 bits per heavy atom. The molecule has 0 aromatic carbocycles. The molecule has 0 aliphatic heterocycles. The molecule has 0 heterocycles. The summed E-state index contributed by atoms with van der Waals surface area (Å²) in [5.74, 6) is 0. The zero-order chi connectivity index (χ0) is 12.9. The summed E-state index contributed by atoms with van der Waals surface area (Å²) < 4.78 is 0. The highest BCUT2D eigenvalue weighted by molar-refractivity contribution is 8.14. The normalized spacial score (nSPS) is 12.6. The first-order valence-corrected chi connectivity index (χ1v) is 8.25. The van der Waals surface area contributed by atoms with Gasteiger partial charge in [-0.3, -0.25) is 4.79 Å². The Morgan fingerprint density at radius 3 is 1.88 bits per heavy atom. The second-order valence-electron chi connectivity index (χ2n) is 4.93. The summed E-state index contributed by atoms with van der Waals surface area (Å²) in [7, 11) is 0. The molecule has 0 aromatic heterocycles. The predicted octanol–water partition coefficient (Wildman–Crippen LogP) is 5.58. The third-order valence-electron chi connectivity index (χ3n) is 3.09. The van der Waals surface area contributed by atoms with Crippen molar-refractivity contribution >= 4 is 16.9 Å². The quantitative estimate of drug-likeness (QED) is 0.450. The molecule has 0 radical (unpaired) electrons. The summed E-state index contributed by atoms with van der Waals surface area (Å²) in [6.45, 7) is 6.19. The Balaban J connectivity index is 3.65. The molecule has 0 fully saturated rings. The molecular formula is C15H30OS. The largest absolute Gasteiger partial charge is 0.288 e. The van der Waals surface area contributed by atoms with Gasteiger partial charge in [0, 0.05) is 12.2 Å². The van der Waals surface area contributed by atoms with Gasteiger partial charge in [0.05, 0.1) is 0 Å². The molecule has 0 N–H and O–H groups in total. The number of hydrogen-bond acceptors (Lipinski definition) is 2. The van der Waals surface area contributed by atoms with E-state index < -0.39 is 0 Å². The van der Waals surface area contributed by atoms with Gasteiger partial charge in [-0.15, -0.1) is 0 Å². The topological polar surface area (TPSA) is 17.1 Å². The summed E-state index contributed by atoms with van der Waals surface area (Å²) in [5, 5.41) is 0.876. The van der Waals surface area contributed by atoms with E-state index in [0.717, 1.165) is 0 Å². The second-order valence-corrected chi connectivity index (χ2v) is 6.41. The van der Waals surface area contributed by atoms with Crippen molar-refractivity contribution < 1.29 is 4.79 Å². The van der Waals surface area contributed by atoms with Crippen LogP contribution in [0, 0.1) is 0 Å². The molecule has 0 saturated heterocycles. The lowest BCUT2D eigenvalue weighted by molar-refractivity contribution is -0.109.